The number of unbranched alkanes of at least 4 members (excludes halogenated alkanes) is 8. The highest BCUT2D eigenvalue weighted by Gasteiger charge is 2.13. The van der Waals surface area contributed by atoms with E-state index in [4.69, 9.17) is 9.47 Å². The molecule has 0 bridgehead atoms. The van der Waals surface area contributed by atoms with E-state index in [-0.39, 0.29) is 19.2 Å². The number of aliphatic hydroxyl groups is 1. The van der Waals surface area contributed by atoms with Crippen molar-refractivity contribution in [2.75, 3.05) is 19.8 Å². The smallest absolute Gasteiger partial charge is 0.306 e. The highest BCUT2D eigenvalue weighted by atomic mass is 16.6. The van der Waals surface area contributed by atoms with Gasteiger partial charge >= 0.3 is 5.97 Å². The molecule has 0 spiro atoms. The van der Waals surface area contributed by atoms with E-state index in [9.17, 15) is 9.90 Å². The monoisotopic (exact) mass is 476 g/mol. The molecule has 0 aromatic heterocycles. The van der Waals surface area contributed by atoms with E-state index in [1.54, 1.807) is 0 Å². The van der Waals surface area contributed by atoms with Crippen molar-refractivity contribution in [2.45, 2.75) is 116 Å². The van der Waals surface area contributed by atoms with E-state index < -0.39 is 6.10 Å². The minimum absolute atomic E-state index is 0.183. The zero-order chi connectivity index (χ0) is 25.0. The molecule has 1 unspecified atom stereocenters. The molecule has 0 radical (unpaired) electrons. The Balaban J connectivity index is 3.49. The summed E-state index contributed by atoms with van der Waals surface area (Å²) in [6, 6.07) is 0. The molecule has 0 aliphatic carbocycles. The fourth-order valence-corrected chi connectivity index (χ4v) is 3.37. The molecule has 1 atom stereocenters. The Morgan fingerprint density at radius 3 is 1.97 bits per heavy atom. The second-order valence-electron chi connectivity index (χ2n) is 8.74. The molecule has 0 saturated heterocycles. The summed E-state index contributed by atoms with van der Waals surface area (Å²) in [7, 11) is 0. The second kappa shape index (κ2) is 27.6. The third-order valence-corrected chi connectivity index (χ3v) is 5.42. The lowest BCUT2D eigenvalue weighted by Gasteiger charge is -2.15. The number of allylic oxidation sites excluding steroid dienone is 8. The third-order valence-electron chi connectivity index (χ3n) is 5.42. The summed E-state index contributed by atoms with van der Waals surface area (Å²) in [6.45, 7) is 5.05. The van der Waals surface area contributed by atoms with Crippen molar-refractivity contribution < 1.29 is 19.4 Å². The highest BCUT2D eigenvalue weighted by molar-refractivity contribution is 5.69. The van der Waals surface area contributed by atoms with Crippen molar-refractivity contribution in [3.8, 4) is 0 Å². The first-order valence-electron chi connectivity index (χ1n) is 13.7. The first kappa shape index (κ1) is 32.4. The van der Waals surface area contributed by atoms with Crippen molar-refractivity contribution in [3.63, 3.8) is 0 Å². The quantitative estimate of drug-likeness (QED) is 0.0870. The second-order valence-corrected chi connectivity index (χ2v) is 8.74. The van der Waals surface area contributed by atoms with Crippen LogP contribution in [-0.2, 0) is 14.3 Å². The number of esters is 1. The molecule has 34 heavy (non-hydrogen) atoms. The van der Waals surface area contributed by atoms with Crippen LogP contribution in [0.5, 0.6) is 0 Å². The average molecular weight is 477 g/mol. The largest absolute Gasteiger partial charge is 0.457 e. The standard InChI is InChI=1S/C30H52O4/c1-3-5-7-9-10-11-12-13-14-15-16-17-18-19-20-21-22-24-26-33-28-29(27-31)34-30(32)25-23-8-6-4-2/h5,7,10-11,13-14,16-17,29,31H,3-4,6,8-9,12,15,18-28H2,1-2H3/b7-5-,11-10-,14-13-,17-16-. The van der Waals surface area contributed by atoms with Crippen molar-refractivity contribution in [1.82, 2.24) is 0 Å². The first-order valence-corrected chi connectivity index (χ1v) is 13.7. The van der Waals surface area contributed by atoms with Gasteiger partial charge in [-0.3, -0.25) is 4.79 Å². The Bertz CT molecular complexity index is 548. The van der Waals surface area contributed by atoms with Crippen LogP contribution >= 0.6 is 0 Å². The maximum atomic E-state index is 11.8. The Hall–Kier alpha value is -1.65. The van der Waals surface area contributed by atoms with Gasteiger partial charge in [0.25, 0.3) is 0 Å². The third kappa shape index (κ3) is 25.0. The van der Waals surface area contributed by atoms with E-state index in [0.29, 0.717) is 13.0 Å². The fourth-order valence-electron chi connectivity index (χ4n) is 3.37. The molecule has 0 aliphatic heterocycles. The lowest BCUT2D eigenvalue weighted by molar-refractivity contribution is -0.154. The lowest BCUT2D eigenvalue weighted by atomic mass is 10.1. The van der Waals surface area contributed by atoms with Gasteiger partial charge in [-0.2, -0.15) is 0 Å². The van der Waals surface area contributed by atoms with Crippen LogP contribution in [0.15, 0.2) is 48.6 Å². The number of carbonyl (C=O) groups is 1. The summed E-state index contributed by atoms with van der Waals surface area (Å²) in [4.78, 5) is 11.8. The number of ether oxygens (including phenoxy) is 2. The van der Waals surface area contributed by atoms with Gasteiger partial charge in [-0.05, 0) is 51.4 Å². The van der Waals surface area contributed by atoms with E-state index in [1.165, 1.54) is 19.3 Å². The van der Waals surface area contributed by atoms with Crippen molar-refractivity contribution in [1.29, 1.82) is 0 Å². The molecular formula is C30H52O4. The van der Waals surface area contributed by atoms with E-state index in [0.717, 1.165) is 70.6 Å². The number of aliphatic hydroxyl groups excluding tert-OH is 1. The molecule has 4 heteroatoms. The SMILES string of the molecule is CC/C=C\C/C=C\C/C=C\C/C=C\CCCCCCCOCC(CO)OC(=O)CCCCCC. The normalized spacial score (nSPS) is 13.1. The molecule has 0 saturated carbocycles. The van der Waals surface area contributed by atoms with E-state index in [2.05, 4.69) is 62.5 Å². The van der Waals surface area contributed by atoms with Crippen LogP contribution in [0, 0.1) is 0 Å². The maximum Gasteiger partial charge on any atom is 0.306 e. The van der Waals surface area contributed by atoms with Crippen LogP contribution in [0.25, 0.3) is 0 Å². The summed E-state index contributed by atoms with van der Waals surface area (Å²) in [5.74, 6) is -0.230. The molecule has 0 heterocycles. The first-order chi connectivity index (χ1) is 16.7. The minimum atomic E-state index is -0.537. The van der Waals surface area contributed by atoms with Gasteiger partial charge in [0.05, 0.1) is 13.2 Å². The maximum absolute atomic E-state index is 11.8. The summed E-state index contributed by atoms with van der Waals surface area (Å²) >= 11 is 0. The zero-order valence-electron chi connectivity index (χ0n) is 22.1. The van der Waals surface area contributed by atoms with Gasteiger partial charge in [-0.25, -0.2) is 0 Å². The Morgan fingerprint density at radius 2 is 1.32 bits per heavy atom. The molecule has 0 aromatic carbocycles. The lowest BCUT2D eigenvalue weighted by Crippen LogP contribution is -2.27. The Kier molecular flexibility index (Phi) is 26.3. The molecular weight excluding hydrogens is 424 g/mol. The minimum Gasteiger partial charge on any atom is -0.457 e. The van der Waals surface area contributed by atoms with Gasteiger partial charge in [-0.15, -0.1) is 0 Å². The summed E-state index contributed by atoms with van der Waals surface area (Å²) < 4.78 is 10.9. The molecule has 0 aromatic rings. The van der Waals surface area contributed by atoms with Crippen LogP contribution in [0.2, 0.25) is 0 Å². The molecule has 0 rings (SSSR count). The number of carbonyl (C=O) groups excluding carboxylic acids is 1. The Labute approximate surface area is 210 Å². The van der Waals surface area contributed by atoms with Gasteiger partial charge in [0, 0.05) is 13.0 Å². The predicted molar refractivity (Wildman–Crippen MR) is 145 cm³/mol. The zero-order valence-corrected chi connectivity index (χ0v) is 22.1. The summed E-state index contributed by atoms with van der Waals surface area (Å²) in [6.07, 6.45) is 33.1. The average Bonchev–Trinajstić information content (AvgIpc) is 2.84. The summed E-state index contributed by atoms with van der Waals surface area (Å²) in [5, 5.41) is 9.37. The van der Waals surface area contributed by atoms with Gasteiger partial charge in [0.1, 0.15) is 6.10 Å². The van der Waals surface area contributed by atoms with Crippen LogP contribution in [0.3, 0.4) is 0 Å². The topological polar surface area (TPSA) is 55.8 Å². The van der Waals surface area contributed by atoms with Gasteiger partial charge < -0.3 is 14.6 Å². The van der Waals surface area contributed by atoms with Gasteiger partial charge in [-0.1, -0.05) is 101 Å². The molecule has 4 nitrogen and oxygen atoms in total. The molecule has 196 valence electrons. The predicted octanol–water partition coefficient (Wildman–Crippen LogP) is 8.02. The van der Waals surface area contributed by atoms with Gasteiger partial charge in [0.15, 0.2) is 0 Å². The molecule has 0 amide bonds. The fraction of sp³-hybridized carbons (Fsp3) is 0.700. The van der Waals surface area contributed by atoms with Crippen LogP contribution in [0.4, 0.5) is 0 Å². The molecule has 0 fully saturated rings. The van der Waals surface area contributed by atoms with Crippen LogP contribution in [0.1, 0.15) is 110 Å². The van der Waals surface area contributed by atoms with Crippen molar-refractivity contribution >= 4 is 5.97 Å². The number of hydrogen-bond acceptors (Lipinski definition) is 4. The van der Waals surface area contributed by atoms with Crippen molar-refractivity contribution in [3.05, 3.63) is 48.6 Å². The highest BCUT2D eigenvalue weighted by Crippen LogP contribution is 2.08. The summed E-state index contributed by atoms with van der Waals surface area (Å²) in [5.41, 5.74) is 0. The Morgan fingerprint density at radius 1 is 0.735 bits per heavy atom. The van der Waals surface area contributed by atoms with Crippen LogP contribution in [-0.4, -0.2) is 37.0 Å². The van der Waals surface area contributed by atoms with Crippen molar-refractivity contribution in [2.24, 2.45) is 0 Å². The van der Waals surface area contributed by atoms with E-state index in [1.807, 2.05) is 0 Å². The molecule has 1 N–H and O–H groups in total. The van der Waals surface area contributed by atoms with E-state index >= 15 is 0 Å². The number of rotatable bonds is 24. The van der Waals surface area contributed by atoms with Gasteiger partial charge in [0.2, 0.25) is 0 Å². The molecule has 0 aliphatic rings. The number of hydrogen-bond donors (Lipinski definition) is 1. The van der Waals surface area contributed by atoms with Crippen LogP contribution < -0.4 is 0 Å².